The van der Waals surface area contributed by atoms with Crippen molar-refractivity contribution in [3.8, 4) is 5.69 Å². The van der Waals surface area contributed by atoms with E-state index in [4.69, 9.17) is 4.98 Å². The van der Waals surface area contributed by atoms with Gasteiger partial charge in [0.1, 0.15) is 11.6 Å². The Morgan fingerprint density at radius 1 is 0.848 bits per heavy atom. The number of rotatable bonds is 4. The molecule has 0 amide bonds. The average Bonchev–Trinajstić information content (AvgIpc) is 3.07. The first-order valence-corrected chi connectivity index (χ1v) is 12.5. The molecule has 0 aliphatic carbocycles. The van der Waals surface area contributed by atoms with Gasteiger partial charge >= 0.3 is 0 Å². The number of sulfonamides is 1. The zero-order valence-corrected chi connectivity index (χ0v) is 19.5. The first-order valence-electron chi connectivity index (χ1n) is 11.0. The third-order valence-electron chi connectivity index (χ3n) is 5.93. The molecule has 8 nitrogen and oxygen atoms in total. The highest BCUT2D eigenvalue weighted by Crippen LogP contribution is 2.27. The lowest BCUT2D eigenvalue weighted by Gasteiger charge is -2.23. The maximum absolute atomic E-state index is 13.1. The number of aromatic nitrogens is 4. The smallest absolute Gasteiger partial charge is 0.243 e. The Morgan fingerprint density at radius 2 is 1.61 bits per heavy atom. The number of anilines is 1. The molecule has 1 saturated heterocycles. The second-order valence-corrected chi connectivity index (χ2v) is 10.2. The maximum atomic E-state index is 13.1. The van der Waals surface area contributed by atoms with Crippen LogP contribution in [0.5, 0.6) is 0 Å². The van der Waals surface area contributed by atoms with E-state index in [9.17, 15) is 8.42 Å². The zero-order chi connectivity index (χ0) is 23.0. The van der Waals surface area contributed by atoms with Crippen LogP contribution in [-0.4, -0.2) is 58.7 Å². The molecule has 4 aromatic rings. The third-order valence-corrected chi connectivity index (χ3v) is 7.85. The Morgan fingerprint density at radius 3 is 2.36 bits per heavy atom. The van der Waals surface area contributed by atoms with Crippen molar-refractivity contribution in [2.75, 3.05) is 31.1 Å². The Kier molecular flexibility index (Phi) is 5.59. The van der Waals surface area contributed by atoms with Crippen LogP contribution in [0.1, 0.15) is 17.8 Å². The van der Waals surface area contributed by atoms with Crippen molar-refractivity contribution in [2.24, 2.45) is 0 Å². The normalized spacial score (nSPS) is 15.6. The van der Waals surface area contributed by atoms with Crippen LogP contribution < -0.4 is 4.90 Å². The molecule has 0 bridgehead atoms. The van der Waals surface area contributed by atoms with Gasteiger partial charge in [0.2, 0.25) is 10.0 Å². The Hall–Kier alpha value is -3.30. The predicted octanol–water partition coefficient (Wildman–Crippen LogP) is 3.33. The van der Waals surface area contributed by atoms with E-state index >= 15 is 0 Å². The van der Waals surface area contributed by atoms with Gasteiger partial charge in [0.15, 0.2) is 5.65 Å². The number of fused-ring (bicyclic) bond motifs is 1. The van der Waals surface area contributed by atoms with Gasteiger partial charge in [-0.2, -0.15) is 9.40 Å². The first-order chi connectivity index (χ1) is 15.9. The summed E-state index contributed by atoms with van der Waals surface area (Å²) in [5.74, 6) is 1.46. The fraction of sp³-hybridized carbons (Fsp3) is 0.292. The van der Waals surface area contributed by atoms with E-state index < -0.39 is 10.0 Å². The summed E-state index contributed by atoms with van der Waals surface area (Å²) in [6.45, 7) is 6.06. The number of hydrogen-bond donors (Lipinski definition) is 0. The summed E-state index contributed by atoms with van der Waals surface area (Å²) in [6, 6.07) is 16.8. The quantitative estimate of drug-likeness (QED) is 0.463. The predicted molar refractivity (Wildman–Crippen MR) is 128 cm³/mol. The van der Waals surface area contributed by atoms with E-state index in [2.05, 4.69) is 21.9 Å². The van der Waals surface area contributed by atoms with Crippen LogP contribution in [0.25, 0.3) is 16.7 Å². The molecule has 1 aliphatic rings. The Labute approximate surface area is 193 Å². The lowest BCUT2D eigenvalue weighted by atomic mass is 10.2. The summed E-state index contributed by atoms with van der Waals surface area (Å²) in [6.07, 6.45) is 2.51. The summed E-state index contributed by atoms with van der Waals surface area (Å²) in [5, 5.41) is 5.45. The van der Waals surface area contributed by atoms with Gasteiger partial charge in [-0.15, -0.1) is 0 Å². The molecule has 0 spiro atoms. The van der Waals surface area contributed by atoms with Gasteiger partial charge < -0.3 is 4.90 Å². The molecular weight excluding hydrogens is 436 g/mol. The van der Waals surface area contributed by atoms with Crippen LogP contribution in [0.4, 0.5) is 5.82 Å². The molecular formula is C24H26N6O2S. The van der Waals surface area contributed by atoms with Crippen molar-refractivity contribution in [3.05, 3.63) is 72.2 Å². The molecule has 0 radical (unpaired) electrons. The molecule has 0 N–H and O–H groups in total. The van der Waals surface area contributed by atoms with Gasteiger partial charge in [0, 0.05) is 26.2 Å². The fourth-order valence-electron chi connectivity index (χ4n) is 4.20. The monoisotopic (exact) mass is 462 g/mol. The lowest BCUT2D eigenvalue weighted by molar-refractivity contribution is 0.433. The second-order valence-electron chi connectivity index (χ2n) is 8.28. The summed E-state index contributed by atoms with van der Waals surface area (Å²) in [7, 11) is -3.52. The first kappa shape index (κ1) is 21.5. The van der Waals surface area contributed by atoms with Crippen molar-refractivity contribution in [1.82, 2.24) is 24.1 Å². The molecule has 1 aliphatic heterocycles. The molecule has 5 rings (SSSR count). The molecule has 0 saturated carbocycles. The van der Waals surface area contributed by atoms with Gasteiger partial charge in [0.25, 0.3) is 0 Å². The van der Waals surface area contributed by atoms with Crippen LogP contribution in [0.15, 0.2) is 65.7 Å². The molecule has 0 atom stereocenters. The van der Waals surface area contributed by atoms with E-state index in [0.717, 1.165) is 22.5 Å². The van der Waals surface area contributed by atoms with Crippen molar-refractivity contribution < 1.29 is 8.42 Å². The van der Waals surface area contributed by atoms with Gasteiger partial charge in [-0.25, -0.2) is 23.1 Å². The van der Waals surface area contributed by atoms with Crippen LogP contribution in [-0.2, 0) is 10.0 Å². The number of nitrogens with zero attached hydrogens (tertiary/aromatic N) is 6. The third kappa shape index (κ3) is 4.09. The molecule has 3 heterocycles. The van der Waals surface area contributed by atoms with Crippen LogP contribution >= 0.6 is 0 Å². The molecule has 170 valence electrons. The molecule has 0 unspecified atom stereocenters. The zero-order valence-electron chi connectivity index (χ0n) is 18.7. The summed E-state index contributed by atoms with van der Waals surface area (Å²) < 4.78 is 29.6. The van der Waals surface area contributed by atoms with Crippen LogP contribution in [0.2, 0.25) is 0 Å². The van der Waals surface area contributed by atoms with Gasteiger partial charge in [-0.1, -0.05) is 35.9 Å². The van der Waals surface area contributed by atoms with Crippen LogP contribution in [0, 0.1) is 13.8 Å². The molecule has 2 aromatic carbocycles. The maximum Gasteiger partial charge on any atom is 0.243 e. The number of aryl methyl sites for hydroxylation is 2. The Balaban J connectivity index is 1.46. The summed E-state index contributed by atoms with van der Waals surface area (Å²) in [4.78, 5) is 11.9. The highest BCUT2D eigenvalue weighted by molar-refractivity contribution is 7.89. The average molecular weight is 463 g/mol. The largest absolute Gasteiger partial charge is 0.355 e. The van der Waals surface area contributed by atoms with E-state index in [0.29, 0.717) is 43.3 Å². The SMILES string of the molecule is Cc1ccc(-n2ncc3c(N4CCCN(S(=O)(=O)c5ccccc5)CC4)nc(C)nc32)cc1. The van der Waals surface area contributed by atoms with Crippen molar-refractivity contribution in [3.63, 3.8) is 0 Å². The minimum Gasteiger partial charge on any atom is -0.355 e. The van der Waals surface area contributed by atoms with Gasteiger partial charge in [0.05, 0.1) is 22.2 Å². The summed E-state index contributed by atoms with van der Waals surface area (Å²) >= 11 is 0. The highest BCUT2D eigenvalue weighted by atomic mass is 32.2. The summed E-state index contributed by atoms with van der Waals surface area (Å²) in [5.41, 5.74) is 2.87. The van der Waals surface area contributed by atoms with E-state index in [-0.39, 0.29) is 0 Å². The van der Waals surface area contributed by atoms with Crippen molar-refractivity contribution in [1.29, 1.82) is 0 Å². The topological polar surface area (TPSA) is 84.2 Å². The molecule has 9 heteroatoms. The number of hydrogen-bond acceptors (Lipinski definition) is 6. The highest BCUT2D eigenvalue weighted by Gasteiger charge is 2.28. The lowest BCUT2D eigenvalue weighted by Crippen LogP contribution is -2.35. The Bertz CT molecular complexity index is 1380. The second kappa shape index (κ2) is 8.57. The minimum absolute atomic E-state index is 0.332. The molecule has 2 aromatic heterocycles. The van der Waals surface area contributed by atoms with Gasteiger partial charge in [-0.3, -0.25) is 0 Å². The van der Waals surface area contributed by atoms with Crippen molar-refractivity contribution >= 4 is 26.9 Å². The standard InChI is InChI=1S/C24H26N6O2S/c1-18-9-11-20(12-10-18)30-24-22(17-25-30)23(26-19(2)27-24)28-13-6-14-29(16-15-28)33(31,32)21-7-4-3-5-8-21/h3-5,7-12,17H,6,13-16H2,1-2H3. The van der Waals surface area contributed by atoms with E-state index in [1.807, 2.05) is 41.9 Å². The molecule has 1 fully saturated rings. The van der Waals surface area contributed by atoms with E-state index in [1.165, 1.54) is 5.56 Å². The number of benzene rings is 2. The fourth-order valence-corrected chi connectivity index (χ4v) is 5.69. The van der Waals surface area contributed by atoms with E-state index in [1.54, 1.807) is 34.8 Å². The van der Waals surface area contributed by atoms with Gasteiger partial charge in [-0.05, 0) is 44.5 Å². The van der Waals surface area contributed by atoms with Crippen LogP contribution in [0.3, 0.4) is 0 Å². The molecule has 33 heavy (non-hydrogen) atoms. The van der Waals surface area contributed by atoms with Crippen molar-refractivity contribution in [2.45, 2.75) is 25.2 Å². The minimum atomic E-state index is -3.52.